The van der Waals surface area contributed by atoms with E-state index in [1.807, 2.05) is 60.7 Å². The Labute approximate surface area is 209 Å². The van der Waals surface area contributed by atoms with E-state index in [2.05, 4.69) is 27.2 Å². The molecule has 1 aromatic heterocycles. The maximum atomic E-state index is 12.5. The molecule has 5 nitrogen and oxygen atoms in total. The summed E-state index contributed by atoms with van der Waals surface area (Å²) < 4.78 is 1.13. The van der Waals surface area contributed by atoms with Gasteiger partial charge in [0.25, 0.3) is 5.91 Å². The molecule has 0 atom stereocenters. The number of rotatable bonds is 7. The number of fused-ring (bicyclic) bond motifs is 1. The van der Waals surface area contributed by atoms with Crippen LogP contribution in [0.2, 0.25) is 5.02 Å². The van der Waals surface area contributed by atoms with Crippen molar-refractivity contribution in [1.29, 1.82) is 0 Å². The van der Waals surface area contributed by atoms with Gasteiger partial charge >= 0.3 is 0 Å². The van der Waals surface area contributed by atoms with Crippen LogP contribution in [0.1, 0.15) is 21.5 Å². The first kappa shape index (κ1) is 22.8. The standard InChI is InChI=1S/C27H27ClN4OS/c28-23-10-11-24-25(19-23)34-27(30-24)32-16-14-31(15-17-32)13-12-29-26(33)22-8-6-21(7-9-22)18-20-4-2-1-3-5-20/h1-11,19H,12-18H2,(H,29,33). The number of aromatic nitrogens is 1. The third-order valence-electron chi connectivity index (χ3n) is 6.16. The quantitative estimate of drug-likeness (QED) is 0.392. The molecule has 174 valence electrons. The van der Waals surface area contributed by atoms with E-state index in [1.54, 1.807) is 11.3 Å². The van der Waals surface area contributed by atoms with Crippen LogP contribution in [0.5, 0.6) is 0 Å². The first-order valence-corrected chi connectivity index (χ1v) is 12.8. The van der Waals surface area contributed by atoms with Gasteiger partial charge in [0.2, 0.25) is 0 Å². The van der Waals surface area contributed by atoms with E-state index in [9.17, 15) is 4.79 Å². The van der Waals surface area contributed by atoms with Crippen LogP contribution in [-0.2, 0) is 6.42 Å². The SMILES string of the molecule is O=C(NCCN1CCN(c2nc3ccc(Cl)cc3s2)CC1)c1ccc(Cc2ccccc2)cc1. The molecule has 0 saturated carbocycles. The molecule has 1 amide bonds. The van der Waals surface area contributed by atoms with Gasteiger partial charge in [-0.15, -0.1) is 0 Å². The number of nitrogens with one attached hydrogen (secondary N) is 1. The van der Waals surface area contributed by atoms with Crippen molar-refractivity contribution in [1.82, 2.24) is 15.2 Å². The predicted molar refractivity (Wildman–Crippen MR) is 141 cm³/mol. The van der Waals surface area contributed by atoms with Crippen LogP contribution >= 0.6 is 22.9 Å². The van der Waals surface area contributed by atoms with E-state index in [1.165, 1.54) is 11.1 Å². The third kappa shape index (κ3) is 5.58. The summed E-state index contributed by atoms with van der Waals surface area (Å²) >= 11 is 7.80. The van der Waals surface area contributed by atoms with Gasteiger partial charge in [0.1, 0.15) is 0 Å². The van der Waals surface area contributed by atoms with E-state index >= 15 is 0 Å². The van der Waals surface area contributed by atoms with Gasteiger partial charge in [-0.05, 0) is 47.9 Å². The third-order valence-corrected chi connectivity index (χ3v) is 7.48. The second-order valence-electron chi connectivity index (χ2n) is 8.55. The number of halogens is 1. The summed E-state index contributed by atoms with van der Waals surface area (Å²) in [6.07, 6.45) is 0.874. The Hall–Kier alpha value is -2.93. The Morgan fingerprint density at radius 1 is 0.941 bits per heavy atom. The average Bonchev–Trinajstić information content (AvgIpc) is 3.29. The zero-order valence-electron chi connectivity index (χ0n) is 18.9. The van der Waals surface area contributed by atoms with Gasteiger partial charge in [-0.1, -0.05) is 65.4 Å². The van der Waals surface area contributed by atoms with Crippen molar-refractivity contribution in [2.45, 2.75) is 6.42 Å². The molecule has 1 fully saturated rings. The molecule has 0 unspecified atom stereocenters. The smallest absolute Gasteiger partial charge is 0.251 e. The molecule has 1 saturated heterocycles. The molecule has 0 radical (unpaired) electrons. The second kappa shape index (κ2) is 10.6. The molecular formula is C27H27ClN4OS. The zero-order chi connectivity index (χ0) is 23.3. The van der Waals surface area contributed by atoms with Gasteiger partial charge in [-0.25, -0.2) is 4.98 Å². The molecule has 0 aliphatic carbocycles. The highest BCUT2D eigenvalue weighted by Gasteiger charge is 2.20. The summed E-state index contributed by atoms with van der Waals surface area (Å²) in [6.45, 7) is 5.28. The summed E-state index contributed by atoms with van der Waals surface area (Å²) in [5, 5.41) is 4.87. The normalized spacial score (nSPS) is 14.4. The Kier molecular flexibility index (Phi) is 7.09. The van der Waals surface area contributed by atoms with Crippen molar-refractivity contribution in [2.24, 2.45) is 0 Å². The molecule has 1 N–H and O–H groups in total. The molecule has 7 heteroatoms. The van der Waals surface area contributed by atoms with Gasteiger partial charge in [0, 0.05) is 49.9 Å². The summed E-state index contributed by atoms with van der Waals surface area (Å²) in [5.74, 6) is -0.0157. The minimum absolute atomic E-state index is 0.0157. The lowest BCUT2D eigenvalue weighted by molar-refractivity contribution is 0.0948. The van der Waals surface area contributed by atoms with Crippen molar-refractivity contribution in [3.8, 4) is 0 Å². The Morgan fingerprint density at radius 2 is 1.68 bits per heavy atom. The van der Waals surface area contributed by atoms with Crippen LogP contribution in [0.3, 0.4) is 0 Å². The first-order valence-electron chi connectivity index (χ1n) is 11.6. The maximum absolute atomic E-state index is 12.5. The van der Waals surface area contributed by atoms with Crippen molar-refractivity contribution in [3.05, 3.63) is 94.5 Å². The summed E-state index contributed by atoms with van der Waals surface area (Å²) in [6, 6.07) is 24.1. The molecule has 1 aliphatic heterocycles. The number of carbonyl (C=O) groups excluding carboxylic acids is 1. The molecule has 1 aliphatic rings. The summed E-state index contributed by atoms with van der Waals surface area (Å²) in [5.41, 5.74) is 4.18. The van der Waals surface area contributed by atoms with Gasteiger partial charge in [-0.2, -0.15) is 0 Å². The molecule has 0 spiro atoms. The lowest BCUT2D eigenvalue weighted by Crippen LogP contribution is -2.48. The van der Waals surface area contributed by atoms with Gasteiger partial charge in [0.05, 0.1) is 10.2 Å². The van der Waals surface area contributed by atoms with Crippen LogP contribution in [0.4, 0.5) is 5.13 Å². The minimum Gasteiger partial charge on any atom is -0.351 e. The Balaban J connectivity index is 1.06. The van der Waals surface area contributed by atoms with Gasteiger partial charge < -0.3 is 10.2 Å². The minimum atomic E-state index is -0.0157. The van der Waals surface area contributed by atoms with E-state index in [4.69, 9.17) is 16.6 Å². The number of hydrogen-bond acceptors (Lipinski definition) is 5. The summed E-state index contributed by atoms with van der Waals surface area (Å²) in [4.78, 5) is 22.0. The lowest BCUT2D eigenvalue weighted by atomic mass is 10.0. The highest BCUT2D eigenvalue weighted by molar-refractivity contribution is 7.22. The van der Waals surface area contributed by atoms with E-state index in [0.29, 0.717) is 12.1 Å². The number of carbonyl (C=O) groups is 1. The molecular weight excluding hydrogens is 464 g/mol. The van der Waals surface area contributed by atoms with Gasteiger partial charge in [0.15, 0.2) is 5.13 Å². The fourth-order valence-corrected chi connectivity index (χ4v) is 5.51. The molecule has 2 heterocycles. The largest absolute Gasteiger partial charge is 0.351 e. The number of anilines is 1. The average molecular weight is 491 g/mol. The number of hydrogen-bond donors (Lipinski definition) is 1. The maximum Gasteiger partial charge on any atom is 0.251 e. The Morgan fingerprint density at radius 3 is 2.44 bits per heavy atom. The highest BCUT2D eigenvalue weighted by atomic mass is 35.5. The van der Waals surface area contributed by atoms with Crippen LogP contribution in [0, 0.1) is 0 Å². The molecule has 3 aromatic carbocycles. The number of thiazole rings is 1. The van der Waals surface area contributed by atoms with Crippen LogP contribution in [0.25, 0.3) is 10.2 Å². The molecule has 5 rings (SSSR count). The lowest BCUT2D eigenvalue weighted by Gasteiger charge is -2.34. The van der Waals surface area contributed by atoms with Crippen LogP contribution in [0.15, 0.2) is 72.8 Å². The number of amides is 1. The fraction of sp³-hybridized carbons (Fsp3) is 0.259. The molecule has 0 bridgehead atoms. The first-order chi connectivity index (χ1) is 16.6. The van der Waals surface area contributed by atoms with Crippen LogP contribution in [-0.4, -0.2) is 55.1 Å². The molecule has 4 aromatic rings. The van der Waals surface area contributed by atoms with Crippen molar-refractivity contribution < 1.29 is 4.79 Å². The van der Waals surface area contributed by atoms with E-state index in [0.717, 1.165) is 59.5 Å². The molecule has 34 heavy (non-hydrogen) atoms. The zero-order valence-corrected chi connectivity index (χ0v) is 20.5. The van der Waals surface area contributed by atoms with Crippen molar-refractivity contribution in [2.75, 3.05) is 44.2 Å². The fourth-order valence-electron chi connectivity index (χ4n) is 4.22. The van der Waals surface area contributed by atoms with Crippen molar-refractivity contribution >= 4 is 44.2 Å². The van der Waals surface area contributed by atoms with Gasteiger partial charge in [-0.3, -0.25) is 9.69 Å². The monoisotopic (exact) mass is 490 g/mol. The number of piperazine rings is 1. The predicted octanol–water partition coefficient (Wildman–Crippen LogP) is 5.09. The highest BCUT2D eigenvalue weighted by Crippen LogP contribution is 2.31. The second-order valence-corrected chi connectivity index (χ2v) is 10.00. The summed E-state index contributed by atoms with van der Waals surface area (Å²) in [7, 11) is 0. The topological polar surface area (TPSA) is 48.5 Å². The Bertz CT molecular complexity index is 1250. The van der Waals surface area contributed by atoms with E-state index < -0.39 is 0 Å². The number of benzene rings is 3. The van der Waals surface area contributed by atoms with Crippen LogP contribution < -0.4 is 10.2 Å². The van der Waals surface area contributed by atoms with Crippen molar-refractivity contribution in [3.63, 3.8) is 0 Å². The van der Waals surface area contributed by atoms with E-state index in [-0.39, 0.29) is 5.91 Å². The number of nitrogens with zero attached hydrogens (tertiary/aromatic N) is 3.